The third kappa shape index (κ3) is 2.64. The van der Waals surface area contributed by atoms with Gasteiger partial charge in [-0.2, -0.15) is 0 Å². The molecule has 1 saturated carbocycles. The van der Waals surface area contributed by atoms with Gasteiger partial charge in [-0.25, -0.2) is 0 Å². The number of carbonyl (C=O) groups is 1. The zero-order valence-electron chi connectivity index (χ0n) is 11.3. The van der Waals surface area contributed by atoms with Crippen molar-refractivity contribution in [3.05, 3.63) is 17.5 Å². The molecule has 0 radical (unpaired) electrons. The first kappa shape index (κ1) is 12.6. The summed E-state index contributed by atoms with van der Waals surface area (Å²) in [6.45, 7) is 1.62. The minimum atomic E-state index is -0.182. The molecule has 1 aliphatic carbocycles. The number of hydrogen-bond donors (Lipinski definition) is 1. The van der Waals surface area contributed by atoms with Crippen LogP contribution in [-0.2, 0) is 4.74 Å². The van der Waals surface area contributed by atoms with Crippen LogP contribution in [0.25, 0.3) is 0 Å². The predicted octanol–water partition coefficient (Wildman–Crippen LogP) is 0.611. The van der Waals surface area contributed by atoms with Crippen LogP contribution in [0.3, 0.4) is 0 Å². The molecule has 1 saturated heterocycles. The number of likely N-dealkylation sites (tertiary alicyclic amines) is 1. The molecule has 0 aromatic carbocycles. The summed E-state index contributed by atoms with van der Waals surface area (Å²) in [5, 5.41) is 6.82. The Hall–Kier alpha value is -1.40. The lowest BCUT2D eigenvalue weighted by Gasteiger charge is -2.17. The van der Waals surface area contributed by atoms with Gasteiger partial charge in [0.25, 0.3) is 5.91 Å². The van der Waals surface area contributed by atoms with Crippen LogP contribution in [0.4, 0.5) is 0 Å². The number of ether oxygens (including phenoxy) is 1. The average Bonchev–Trinajstić information content (AvgIpc) is 3.00. The number of carbonyl (C=O) groups excluding carboxylic acids is 1. The number of methoxy groups -OCH3 is 1. The number of amides is 1. The first-order valence-corrected chi connectivity index (χ1v) is 6.66. The Morgan fingerprint density at radius 2 is 2.32 bits per heavy atom. The minimum absolute atomic E-state index is 0.00331. The van der Waals surface area contributed by atoms with Gasteiger partial charge in [0.2, 0.25) is 0 Å². The number of nitrogens with zero attached hydrogens (tertiary/aromatic N) is 2. The molecule has 0 bridgehead atoms. The van der Waals surface area contributed by atoms with E-state index >= 15 is 0 Å². The molecule has 3 rings (SSSR count). The summed E-state index contributed by atoms with van der Waals surface area (Å²) in [5.41, 5.74) is 0.367. The van der Waals surface area contributed by atoms with Gasteiger partial charge in [-0.05, 0) is 19.9 Å². The highest BCUT2D eigenvalue weighted by Crippen LogP contribution is 2.40. The molecule has 2 heterocycles. The summed E-state index contributed by atoms with van der Waals surface area (Å²) in [6, 6.07) is 1.76. The molecular weight excluding hydrogens is 246 g/mol. The van der Waals surface area contributed by atoms with Gasteiger partial charge in [0, 0.05) is 32.2 Å². The molecule has 1 aromatic heterocycles. The molecule has 1 N–H and O–H groups in total. The van der Waals surface area contributed by atoms with E-state index in [4.69, 9.17) is 9.26 Å². The van der Waals surface area contributed by atoms with Gasteiger partial charge in [-0.15, -0.1) is 0 Å². The maximum Gasteiger partial charge on any atom is 0.273 e. The van der Waals surface area contributed by atoms with E-state index in [1.807, 2.05) is 7.05 Å². The number of hydrogen-bond acceptors (Lipinski definition) is 5. The van der Waals surface area contributed by atoms with Crippen molar-refractivity contribution in [1.82, 2.24) is 15.4 Å². The molecule has 2 atom stereocenters. The van der Waals surface area contributed by atoms with Crippen LogP contribution in [-0.4, -0.2) is 55.4 Å². The summed E-state index contributed by atoms with van der Waals surface area (Å²) >= 11 is 0. The van der Waals surface area contributed by atoms with Gasteiger partial charge in [-0.3, -0.25) is 4.79 Å². The first-order valence-electron chi connectivity index (χ1n) is 6.66. The SMILES string of the molecule is CO[C@H]1CN(C)C[C@H]1NC(=O)c1cc(C2CC2)on1. The van der Waals surface area contributed by atoms with E-state index in [2.05, 4.69) is 15.4 Å². The molecule has 1 amide bonds. The van der Waals surface area contributed by atoms with Crippen LogP contribution in [0.1, 0.15) is 35.0 Å². The average molecular weight is 265 g/mol. The maximum atomic E-state index is 12.1. The molecule has 6 nitrogen and oxygen atoms in total. The Morgan fingerprint density at radius 1 is 1.53 bits per heavy atom. The quantitative estimate of drug-likeness (QED) is 0.864. The lowest BCUT2D eigenvalue weighted by Crippen LogP contribution is -2.43. The van der Waals surface area contributed by atoms with E-state index in [0.717, 1.165) is 31.7 Å². The van der Waals surface area contributed by atoms with Crippen LogP contribution >= 0.6 is 0 Å². The van der Waals surface area contributed by atoms with E-state index in [-0.39, 0.29) is 18.1 Å². The van der Waals surface area contributed by atoms with Crippen LogP contribution < -0.4 is 5.32 Å². The molecular formula is C13H19N3O3. The fraction of sp³-hybridized carbons (Fsp3) is 0.692. The zero-order valence-corrected chi connectivity index (χ0v) is 11.3. The van der Waals surface area contributed by atoms with Gasteiger partial charge < -0.3 is 19.5 Å². The van der Waals surface area contributed by atoms with Crippen molar-refractivity contribution in [3.63, 3.8) is 0 Å². The summed E-state index contributed by atoms with van der Waals surface area (Å²) < 4.78 is 10.6. The van der Waals surface area contributed by atoms with Crippen LogP contribution in [0.2, 0.25) is 0 Å². The van der Waals surface area contributed by atoms with Crippen LogP contribution in [0.15, 0.2) is 10.6 Å². The van der Waals surface area contributed by atoms with Gasteiger partial charge >= 0.3 is 0 Å². The molecule has 104 valence electrons. The van der Waals surface area contributed by atoms with Crippen molar-refractivity contribution >= 4 is 5.91 Å². The number of nitrogens with one attached hydrogen (secondary N) is 1. The minimum Gasteiger partial charge on any atom is -0.378 e. The Labute approximate surface area is 112 Å². The third-order valence-corrected chi connectivity index (χ3v) is 3.81. The Morgan fingerprint density at radius 3 is 3.00 bits per heavy atom. The van der Waals surface area contributed by atoms with Crippen LogP contribution in [0, 0.1) is 0 Å². The van der Waals surface area contributed by atoms with E-state index < -0.39 is 0 Å². The topological polar surface area (TPSA) is 67.6 Å². The third-order valence-electron chi connectivity index (χ3n) is 3.81. The lowest BCUT2D eigenvalue weighted by molar-refractivity contribution is 0.0760. The van der Waals surface area contributed by atoms with Crippen molar-refractivity contribution in [2.75, 3.05) is 27.2 Å². The fourth-order valence-electron chi connectivity index (χ4n) is 2.54. The molecule has 0 unspecified atom stereocenters. The van der Waals surface area contributed by atoms with E-state index in [0.29, 0.717) is 11.6 Å². The molecule has 2 aliphatic rings. The normalized spacial score (nSPS) is 27.7. The van der Waals surface area contributed by atoms with Crippen molar-refractivity contribution in [3.8, 4) is 0 Å². The highest BCUT2D eigenvalue weighted by Gasteiger charge is 2.33. The zero-order chi connectivity index (χ0) is 13.4. The van der Waals surface area contributed by atoms with E-state index in [9.17, 15) is 4.79 Å². The monoisotopic (exact) mass is 265 g/mol. The maximum absolute atomic E-state index is 12.1. The smallest absolute Gasteiger partial charge is 0.273 e. The Balaban J connectivity index is 1.63. The summed E-state index contributed by atoms with van der Waals surface area (Å²) in [6.07, 6.45) is 2.30. The number of likely N-dealkylation sites (N-methyl/N-ethyl adjacent to an activating group) is 1. The number of aromatic nitrogens is 1. The molecule has 0 spiro atoms. The molecule has 6 heteroatoms. The van der Waals surface area contributed by atoms with E-state index in [1.54, 1.807) is 13.2 Å². The van der Waals surface area contributed by atoms with Crippen molar-refractivity contribution < 1.29 is 14.1 Å². The standard InChI is InChI=1S/C13H19N3O3/c1-16-6-10(12(7-16)18-2)14-13(17)9-5-11(19-15-9)8-3-4-8/h5,8,10,12H,3-4,6-7H2,1-2H3,(H,14,17)/t10-,12+/m1/s1. The highest BCUT2D eigenvalue weighted by atomic mass is 16.5. The second-order valence-corrected chi connectivity index (χ2v) is 5.46. The molecule has 19 heavy (non-hydrogen) atoms. The fourth-order valence-corrected chi connectivity index (χ4v) is 2.54. The first-order chi connectivity index (χ1) is 9.17. The summed E-state index contributed by atoms with van der Waals surface area (Å²) in [7, 11) is 3.68. The van der Waals surface area contributed by atoms with E-state index in [1.165, 1.54) is 0 Å². The second-order valence-electron chi connectivity index (χ2n) is 5.46. The van der Waals surface area contributed by atoms with Crippen molar-refractivity contribution in [1.29, 1.82) is 0 Å². The van der Waals surface area contributed by atoms with Gasteiger partial charge in [0.05, 0.1) is 12.1 Å². The summed E-state index contributed by atoms with van der Waals surface area (Å²) in [4.78, 5) is 14.3. The van der Waals surface area contributed by atoms with Crippen LogP contribution in [0.5, 0.6) is 0 Å². The highest BCUT2D eigenvalue weighted by molar-refractivity contribution is 5.92. The molecule has 1 aliphatic heterocycles. The Bertz CT molecular complexity index is 469. The molecule has 1 aromatic rings. The van der Waals surface area contributed by atoms with Gasteiger partial charge in [0.15, 0.2) is 5.69 Å². The van der Waals surface area contributed by atoms with Crippen molar-refractivity contribution in [2.45, 2.75) is 30.9 Å². The van der Waals surface area contributed by atoms with Crippen molar-refractivity contribution in [2.24, 2.45) is 0 Å². The Kier molecular flexibility index (Phi) is 3.28. The van der Waals surface area contributed by atoms with Gasteiger partial charge in [0.1, 0.15) is 5.76 Å². The molecule has 2 fully saturated rings. The van der Waals surface area contributed by atoms with Gasteiger partial charge in [-0.1, -0.05) is 5.16 Å². The second kappa shape index (κ2) is 4.94. The largest absolute Gasteiger partial charge is 0.378 e. The number of rotatable bonds is 4. The predicted molar refractivity (Wildman–Crippen MR) is 68.0 cm³/mol. The lowest BCUT2D eigenvalue weighted by atomic mass is 10.2. The summed E-state index contributed by atoms with van der Waals surface area (Å²) in [5.74, 6) is 1.12.